The minimum absolute atomic E-state index is 0.526. The number of nitrogens with zero attached hydrogens (tertiary/aromatic N) is 5. The number of rotatable bonds is 2. The highest BCUT2D eigenvalue weighted by Gasteiger charge is 2.07. The predicted molar refractivity (Wildman–Crippen MR) is 131 cm³/mol. The van der Waals surface area contributed by atoms with Gasteiger partial charge in [0, 0.05) is 18.6 Å². The molecule has 0 aliphatic heterocycles. The van der Waals surface area contributed by atoms with Crippen molar-refractivity contribution >= 4 is 33.5 Å². The molecule has 0 radical (unpaired) electrons. The number of imidazole rings is 2. The van der Waals surface area contributed by atoms with E-state index in [0.29, 0.717) is 11.8 Å². The normalized spacial score (nSPS) is 11.7. The van der Waals surface area contributed by atoms with Crippen molar-refractivity contribution in [1.82, 2.24) is 23.8 Å². The van der Waals surface area contributed by atoms with Crippen molar-refractivity contribution in [2.75, 3.05) is 0 Å². The molecule has 5 aromatic heterocycles. The van der Waals surface area contributed by atoms with Crippen molar-refractivity contribution in [1.29, 1.82) is 0 Å². The molecule has 5 nitrogen and oxygen atoms in total. The van der Waals surface area contributed by atoms with E-state index in [0.717, 1.165) is 28.0 Å². The summed E-state index contributed by atoms with van der Waals surface area (Å²) in [4.78, 5) is 13.5. The zero-order valence-electron chi connectivity index (χ0n) is 18.9. The highest BCUT2D eigenvalue weighted by molar-refractivity contribution is 5.80. The van der Waals surface area contributed by atoms with Crippen LogP contribution in [0.2, 0.25) is 0 Å². The average Bonchev–Trinajstić information content (AvgIpc) is 3.36. The Kier molecular flexibility index (Phi) is 5.10. The van der Waals surface area contributed by atoms with Gasteiger partial charge in [-0.25, -0.2) is 15.0 Å². The SMILES string of the molecule is CC(C)c1ccc2nc3ccccc3n2c1.CC(C)c1ccn2c(c1)nc1cccnc12. The molecule has 0 saturated carbocycles. The molecule has 0 bridgehead atoms. The van der Waals surface area contributed by atoms with Gasteiger partial charge in [0.05, 0.1) is 11.0 Å². The number of hydrogen-bond acceptors (Lipinski definition) is 3. The molecule has 1 aromatic carbocycles. The smallest absolute Gasteiger partial charge is 0.164 e. The van der Waals surface area contributed by atoms with Crippen molar-refractivity contribution in [3.63, 3.8) is 0 Å². The minimum atomic E-state index is 0.526. The predicted octanol–water partition coefficient (Wildman–Crippen LogP) is 6.62. The number of benzene rings is 1. The molecule has 0 fully saturated rings. The van der Waals surface area contributed by atoms with Crippen molar-refractivity contribution < 1.29 is 0 Å². The first-order valence-corrected chi connectivity index (χ1v) is 11.1. The third-order valence-electron chi connectivity index (χ3n) is 5.85. The molecule has 0 N–H and O–H groups in total. The Hall–Kier alpha value is -3.73. The van der Waals surface area contributed by atoms with E-state index in [-0.39, 0.29) is 0 Å². The highest BCUT2D eigenvalue weighted by Crippen LogP contribution is 2.21. The Morgan fingerprint density at radius 2 is 1.44 bits per heavy atom. The maximum absolute atomic E-state index is 4.58. The zero-order valence-corrected chi connectivity index (χ0v) is 18.9. The van der Waals surface area contributed by atoms with Gasteiger partial charge in [-0.15, -0.1) is 0 Å². The van der Waals surface area contributed by atoms with Crippen LogP contribution in [0.25, 0.3) is 33.5 Å². The molecule has 6 rings (SSSR count). The fourth-order valence-electron chi connectivity index (χ4n) is 3.93. The molecular weight excluding hydrogens is 394 g/mol. The Labute approximate surface area is 187 Å². The molecule has 0 aliphatic rings. The van der Waals surface area contributed by atoms with Gasteiger partial charge >= 0.3 is 0 Å². The first kappa shape index (κ1) is 20.2. The van der Waals surface area contributed by atoms with Crippen molar-refractivity contribution in [2.45, 2.75) is 39.5 Å². The summed E-state index contributed by atoms with van der Waals surface area (Å²) in [7, 11) is 0. The first-order chi connectivity index (χ1) is 15.5. The van der Waals surface area contributed by atoms with Gasteiger partial charge in [-0.3, -0.25) is 8.80 Å². The Bertz CT molecular complexity index is 1530. The van der Waals surface area contributed by atoms with Crippen LogP contribution >= 0.6 is 0 Å². The summed E-state index contributed by atoms with van der Waals surface area (Å²) in [5.41, 5.74) is 8.75. The van der Waals surface area contributed by atoms with Crippen molar-refractivity contribution in [3.8, 4) is 0 Å². The number of aromatic nitrogens is 5. The fraction of sp³-hybridized carbons (Fsp3) is 0.222. The van der Waals surface area contributed by atoms with Crippen LogP contribution in [0.5, 0.6) is 0 Å². The third kappa shape index (κ3) is 3.60. The van der Waals surface area contributed by atoms with E-state index in [9.17, 15) is 0 Å². The molecule has 5 heteroatoms. The van der Waals surface area contributed by atoms with E-state index < -0.39 is 0 Å². The van der Waals surface area contributed by atoms with Gasteiger partial charge < -0.3 is 0 Å². The van der Waals surface area contributed by atoms with Gasteiger partial charge in [-0.05, 0) is 65.4 Å². The number of fused-ring (bicyclic) bond motifs is 6. The van der Waals surface area contributed by atoms with Gasteiger partial charge in [0.15, 0.2) is 5.65 Å². The average molecular weight is 422 g/mol. The van der Waals surface area contributed by atoms with Crippen LogP contribution in [-0.4, -0.2) is 23.8 Å². The summed E-state index contributed by atoms with van der Waals surface area (Å²) in [6, 6.07) is 20.7. The first-order valence-electron chi connectivity index (χ1n) is 11.1. The van der Waals surface area contributed by atoms with E-state index in [4.69, 9.17) is 0 Å². The lowest BCUT2D eigenvalue weighted by Gasteiger charge is -2.05. The quantitative estimate of drug-likeness (QED) is 0.316. The van der Waals surface area contributed by atoms with Crippen molar-refractivity contribution in [2.24, 2.45) is 0 Å². The van der Waals surface area contributed by atoms with Crippen molar-refractivity contribution in [3.05, 3.63) is 90.4 Å². The van der Waals surface area contributed by atoms with Crippen LogP contribution < -0.4 is 0 Å². The zero-order chi connectivity index (χ0) is 22.2. The van der Waals surface area contributed by atoms with Gasteiger partial charge in [0.25, 0.3) is 0 Å². The monoisotopic (exact) mass is 421 g/mol. The van der Waals surface area contributed by atoms with Crippen LogP contribution in [0.3, 0.4) is 0 Å². The second-order valence-corrected chi connectivity index (χ2v) is 8.75. The van der Waals surface area contributed by atoms with Gasteiger partial charge in [0.1, 0.15) is 16.8 Å². The van der Waals surface area contributed by atoms with E-state index in [2.05, 4.69) is 95.7 Å². The minimum Gasteiger partial charge on any atom is -0.299 e. The van der Waals surface area contributed by atoms with Crippen LogP contribution in [0, 0.1) is 0 Å². The van der Waals surface area contributed by atoms with Gasteiger partial charge in [-0.1, -0.05) is 45.9 Å². The summed E-state index contributed by atoms with van der Waals surface area (Å²) in [6.45, 7) is 8.79. The van der Waals surface area contributed by atoms with Gasteiger partial charge in [0.2, 0.25) is 0 Å². The molecule has 0 saturated heterocycles. The maximum atomic E-state index is 4.58. The maximum Gasteiger partial charge on any atom is 0.164 e. The Balaban J connectivity index is 0.000000135. The Morgan fingerprint density at radius 1 is 0.688 bits per heavy atom. The van der Waals surface area contributed by atoms with E-state index in [1.165, 1.54) is 16.6 Å². The van der Waals surface area contributed by atoms with Crippen LogP contribution in [0.15, 0.2) is 79.3 Å². The van der Waals surface area contributed by atoms with E-state index in [1.807, 2.05) is 28.8 Å². The fourth-order valence-corrected chi connectivity index (χ4v) is 3.93. The summed E-state index contributed by atoms with van der Waals surface area (Å²) in [5.74, 6) is 1.07. The van der Waals surface area contributed by atoms with Crippen LogP contribution in [-0.2, 0) is 0 Å². The molecule has 0 aliphatic carbocycles. The highest BCUT2D eigenvalue weighted by atomic mass is 15.1. The standard InChI is InChI=1S/C14H14N2.C13H13N3/c1-10(2)11-7-8-14-15-12-5-3-4-6-13(12)16(14)9-11;1-9(2)10-5-7-16-12(8-10)15-11-4-3-6-14-13(11)16/h3-10H,1-2H3;3-9H,1-2H3. The summed E-state index contributed by atoms with van der Waals surface area (Å²) < 4.78 is 4.20. The molecule has 0 atom stereocenters. The summed E-state index contributed by atoms with van der Waals surface area (Å²) >= 11 is 0. The number of para-hydroxylation sites is 2. The summed E-state index contributed by atoms with van der Waals surface area (Å²) in [5, 5.41) is 0. The topological polar surface area (TPSA) is 47.5 Å². The van der Waals surface area contributed by atoms with Crippen LogP contribution in [0.4, 0.5) is 0 Å². The van der Waals surface area contributed by atoms with E-state index in [1.54, 1.807) is 6.20 Å². The lowest BCUT2D eigenvalue weighted by atomic mass is 10.1. The third-order valence-corrected chi connectivity index (χ3v) is 5.85. The second-order valence-electron chi connectivity index (χ2n) is 8.75. The second kappa shape index (κ2) is 8.08. The lowest BCUT2D eigenvalue weighted by molar-refractivity contribution is 0.855. The molecule has 160 valence electrons. The van der Waals surface area contributed by atoms with Crippen LogP contribution in [0.1, 0.15) is 50.7 Å². The van der Waals surface area contributed by atoms with E-state index >= 15 is 0 Å². The molecule has 32 heavy (non-hydrogen) atoms. The molecular formula is C27H27N5. The summed E-state index contributed by atoms with van der Waals surface area (Å²) in [6.07, 6.45) is 6.04. The molecule has 0 amide bonds. The number of pyridine rings is 3. The molecule has 0 spiro atoms. The Morgan fingerprint density at radius 3 is 2.25 bits per heavy atom. The molecule has 6 aromatic rings. The molecule has 5 heterocycles. The largest absolute Gasteiger partial charge is 0.299 e. The van der Waals surface area contributed by atoms with Gasteiger partial charge in [-0.2, -0.15) is 0 Å². The molecule has 0 unspecified atom stereocenters. The number of hydrogen-bond donors (Lipinski definition) is 0. The lowest BCUT2D eigenvalue weighted by Crippen LogP contribution is -1.91.